The van der Waals surface area contributed by atoms with Crippen LogP contribution in [0.3, 0.4) is 0 Å². The molecule has 2 saturated heterocycles. The molecule has 0 unspecified atom stereocenters. The summed E-state index contributed by atoms with van der Waals surface area (Å²) in [6.45, 7) is 0.536. The van der Waals surface area contributed by atoms with Gasteiger partial charge < -0.3 is 24.3 Å². The van der Waals surface area contributed by atoms with E-state index in [1.54, 1.807) is 18.2 Å². The Morgan fingerprint density at radius 1 is 1.23 bits per heavy atom. The minimum absolute atomic E-state index is 0.230. The highest BCUT2D eigenvalue weighted by atomic mass is 79.9. The van der Waals surface area contributed by atoms with Crippen molar-refractivity contribution in [3.63, 3.8) is 0 Å². The molecule has 5 rings (SSSR count). The highest BCUT2D eigenvalue weighted by molar-refractivity contribution is 9.10. The van der Waals surface area contributed by atoms with Crippen LogP contribution in [0.1, 0.15) is 11.3 Å². The van der Waals surface area contributed by atoms with E-state index in [4.69, 9.17) is 25.8 Å². The van der Waals surface area contributed by atoms with Crippen LogP contribution < -0.4 is 4.74 Å². The summed E-state index contributed by atoms with van der Waals surface area (Å²) in [7, 11) is 0. The molecule has 0 spiro atoms. The van der Waals surface area contributed by atoms with Crippen molar-refractivity contribution in [2.45, 2.75) is 37.3 Å². The molecule has 0 aliphatic carbocycles. The topological polar surface area (TPSA) is 89.5 Å². The molecular weight excluding hydrogens is 481 g/mol. The van der Waals surface area contributed by atoms with Gasteiger partial charge in [-0.05, 0) is 31.0 Å². The van der Waals surface area contributed by atoms with Crippen LogP contribution in [-0.2, 0) is 22.3 Å². The summed E-state index contributed by atoms with van der Waals surface area (Å²) >= 11 is 9.78. The average Bonchev–Trinajstić information content (AvgIpc) is 3.39. The second-order valence-electron chi connectivity index (χ2n) is 7.35. The fourth-order valence-electron chi connectivity index (χ4n) is 3.87. The molecule has 2 aromatic heterocycles. The standard InChI is InChI=1S/C20H18BrClFN3O4/c21-10-2-1-3-12(23)9(10)4-5-13-11(22)6-14-19(24-13)26-20(25-14)30-16-8-29-17-15(27)7-28-18(16)17/h1-3,6,15-18,27H,4-5,7-8H2,(H,24,25,26)/t15-,16-,17-,18-/m1/s1. The first-order valence-corrected chi connectivity index (χ1v) is 10.7. The molecule has 1 aromatic carbocycles. The van der Waals surface area contributed by atoms with E-state index in [0.717, 1.165) is 0 Å². The lowest BCUT2D eigenvalue weighted by Crippen LogP contribution is -2.34. The van der Waals surface area contributed by atoms with Crippen molar-refractivity contribution in [1.82, 2.24) is 15.0 Å². The van der Waals surface area contributed by atoms with Crippen LogP contribution in [0, 0.1) is 5.82 Å². The number of imidazole rings is 1. The number of aromatic nitrogens is 3. The number of fused-ring (bicyclic) bond motifs is 2. The molecule has 2 aliphatic rings. The van der Waals surface area contributed by atoms with E-state index in [2.05, 4.69) is 30.9 Å². The molecule has 0 bridgehead atoms. The van der Waals surface area contributed by atoms with Crippen LogP contribution in [-0.4, -0.2) is 57.7 Å². The zero-order valence-corrected chi connectivity index (χ0v) is 18.0. The summed E-state index contributed by atoms with van der Waals surface area (Å²) in [5, 5.41) is 10.3. The first-order valence-electron chi connectivity index (χ1n) is 9.55. The molecule has 4 atom stereocenters. The first-order chi connectivity index (χ1) is 14.5. The zero-order chi connectivity index (χ0) is 20.8. The maximum atomic E-state index is 14.1. The number of aryl methyl sites for hydroxylation is 1. The third-order valence-electron chi connectivity index (χ3n) is 5.40. The smallest absolute Gasteiger partial charge is 0.296 e. The van der Waals surface area contributed by atoms with Crippen LogP contribution in [0.2, 0.25) is 5.02 Å². The number of halogens is 3. The monoisotopic (exact) mass is 497 g/mol. The number of pyridine rings is 1. The lowest BCUT2D eigenvalue weighted by atomic mass is 10.1. The van der Waals surface area contributed by atoms with Gasteiger partial charge in [-0.25, -0.2) is 9.37 Å². The molecule has 2 N–H and O–H groups in total. The Hall–Kier alpha value is -1.78. The molecule has 0 radical (unpaired) electrons. The number of aliphatic hydroxyl groups excluding tert-OH is 1. The number of nitrogens with zero attached hydrogens (tertiary/aromatic N) is 2. The van der Waals surface area contributed by atoms with E-state index in [-0.39, 0.29) is 36.7 Å². The first kappa shape index (κ1) is 20.1. The molecule has 4 heterocycles. The number of nitrogens with one attached hydrogen (secondary N) is 1. The fraction of sp³-hybridized carbons (Fsp3) is 0.400. The zero-order valence-electron chi connectivity index (χ0n) is 15.6. The van der Waals surface area contributed by atoms with Crippen LogP contribution >= 0.6 is 27.5 Å². The summed E-state index contributed by atoms with van der Waals surface area (Å²) < 4.78 is 31.8. The predicted molar refractivity (Wildman–Crippen MR) is 110 cm³/mol. The van der Waals surface area contributed by atoms with E-state index >= 15 is 0 Å². The SMILES string of the molecule is O[C@@H]1CO[C@H]2[C@@H]1OC[C@H]2Oc1nc2nc(CCc3c(F)cccc3Br)c(Cl)cc2[nH]1. The molecular formula is C20H18BrClFN3O4. The number of benzene rings is 1. The Balaban J connectivity index is 1.33. The second-order valence-corrected chi connectivity index (χ2v) is 8.61. The van der Waals surface area contributed by atoms with Crippen LogP contribution in [0.15, 0.2) is 28.7 Å². The van der Waals surface area contributed by atoms with Crippen LogP contribution in [0.25, 0.3) is 11.2 Å². The third-order valence-corrected chi connectivity index (χ3v) is 6.47. The minimum Gasteiger partial charge on any atom is -0.456 e. The van der Waals surface area contributed by atoms with Gasteiger partial charge in [0.1, 0.15) is 24.1 Å². The Kier molecular flexibility index (Phi) is 5.40. The Bertz CT molecular complexity index is 1080. The number of aromatic amines is 1. The summed E-state index contributed by atoms with van der Waals surface area (Å²) in [6, 6.07) is 6.90. The number of aliphatic hydroxyl groups is 1. The molecule has 10 heteroatoms. The Morgan fingerprint density at radius 2 is 2.07 bits per heavy atom. The van der Waals surface area contributed by atoms with E-state index in [1.165, 1.54) is 6.07 Å². The molecule has 0 amide bonds. The van der Waals surface area contributed by atoms with Crippen LogP contribution in [0.5, 0.6) is 6.01 Å². The minimum atomic E-state index is -0.642. The van der Waals surface area contributed by atoms with Gasteiger partial charge in [0, 0.05) is 10.0 Å². The Morgan fingerprint density at radius 3 is 2.90 bits per heavy atom. The van der Waals surface area contributed by atoms with Crippen molar-refractivity contribution in [1.29, 1.82) is 0 Å². The highest BCUT2D eigenvalue weighted by Crippen LogP contribution is 2.30. The molecule has 0 saturated carbocycles. The molecule has 2 fully saturated rings. The van der Waals surface area contributed by atoms with Crippen molar-refractivity contribution in [3.8, 4) is 6.01 Å². The average molecular weight is 499 g/mol. The lowest BCUT2D eigenvalue weighted by Gasteiger charge is -2.15. The van der Waals surface area contributed by atoms with Gasteiger partial charge in [0.15, 0.2) is 11.8 Å². The number of hydrogen-bond acceptors (Lipinski definition) is 6. The molecule has 3 aromatic rings. The second kappa shape index (κ2) is 8.05. The van der Waals surface area contributed by atoms with Crippen molar-refractivity contribution in [2.75, 3.05) is 13.2 Å². The normalized spacial score (nSPS) is 25.7. The summed E-state index contributed by atoms with van der Waals surface area (Å²) in [4.78, 5) is 12.0. The van der Waals surface area contributed by atoms with Crippen molar-refractivity contribution in [3.05, 3.63) is 50.8 Å². The fourth-order valence-corrected chi connectivity index (χ4v) is 4.65. The number of H-pyrrole nitrogens is 1. The van der Waals surface area contributed by atoms with E-state index in [0.29, 0.717) is 51.4 Å². The number of rotatable bonds is 5. The van der Waals surface area contributed by atoms with Crippen molar-refractivity contribution in [2.24, 2.45) is 0 Å². The Labute approximate surface area is 184 Å². The quantitative estimate of drug-likeness (QED) is 0.562. The van der Waals surface area contributed by atoms with E-state index in [1.807, 2.05) is 0 Å². The van der Waals surface area contributed by atoms with Crippen LogP contribution in [0.4, 0.5) is 4.39 Å². The maximum absolute atomic E-state index is 14.1. The van der Waals surface area contributed by atoms with Gasteiger partial charge in [-0.15, -0.1) is 0 Å². The van der Waals surface area contributed by atoms with Gasteiger partial charge in [0.05, 0.1) is 29.4 Å². The summed E-state index contributed by atoms with van der Waals surface area (Å²) in [5.74, 6) is -0.270. The van der Waals surface area contributed by atoms with Crippen molar-refractivity contribution < 1.29 is 23.7 Å². The summed E-state index contributed by atoms with van der Waals surface area (Å²) in [5.41, 5.74) is 2.30. The highest BCUT2D eigenvalue weighted by Gasteiger charge is 2.48. The third kappa shape index (κ3) is 3.69. The van der Waals surface area contributed by atoms with Gasteiger partial charge in [0.25, 0.3) is 6.01 Å². The predicted octanol–water partition coefficient (Wildman–Crippen LogP) is 3.20. The number of ether oxygens (including phenoxy) is 3. The van der Waals surface area contributed by atoms with Gasteiger partial charge in [0.2, 0.25) is 0 Å². The van der Waals surface area contributed by atoms with Gasteiger partial charge in [-0.3, -0.25) is 0 Å². The number of hydrogen-bond donors (Lipinski definition) is 2. The molecule has 158 valence electrons. The maximum Gasteiger partial charge on any atom is 0.296 e. The largest absolute Gasteiger partial charge is 0.456 e. The van der Waals surface area contributed by atoms with Gasteiger partial charge >= 0.3 is 0 Å². The summed E-state index contributed by atoms with van der Waals surface area (Å²) in [6.07, 6.45) is -0.821. The van der Waals surface area contributed by atoms with Gasteiger partial charge in [-0.1, -0.05) is 33.6 Å². The lowest BCUT2D eigenvalue weighted by molar-refractivity contribution is 0.00706. The molecule has 2 aliphatic heterocycles. The van der Waals surface area contributed by atoms with E-state index < -0.39 is 6.10 Å². The molecule has 7 nitrogen and oxygen atoms in total. The van der Waals surface area contributed by atoms with Gasteiger partial charge in [-0.2, -0.15) is 4.98 Å². The molecule has 30 heavy (non-hydrogen) atoms. The van der Waals surface area contributed by atoms with Crippen molar-refractivity contribution >= 4 is 38.7 Å². The van der Waals surface area contributed by atoms with E-state index in [9.17, 15) is 9.50 Å².